The molecule has 1 aliphatic heterocycles. The third kappa shape index (κ3) is 5.49. The van der Waals surface area contributed by atoms with E-state index in [1.165, 1.54) is 11.1 Å². The first kappa shape index (κ1) is 20.3. The lowest BCUT2D eigenvalue weighted by atomic mass is 10.00. The maximum absolute atomic E-state index is 9.59. The molecular weight excluding hydrogens is 437 g/mol. The molecule has 26 heavy (non-hydrogen) atoms. The van der Waals surface area contributed by atoms with Gasteiger partial charge < -0.3 is 15.3 Å². The van der Waals surface area contributed by atoms with Gasteiger partial charge in [-0.1, -0.05) is 48.5 Å². The molecule has 0 radical (unpaired) electrons. The van der Waals surface area contributed by atoms with Crippen molar-refractivity contribution in [2.75, 3.05) is 19.6 Å². The Hall–Kier alpha value is -2.02. The van der Waals surface area contributed by atoms with Gasteiger partial charge in [0.1, 0.15) is 5.75 Å². The molecule has 0 amide bonds. The maximum atomic E-state index is 9.59. The van der Waals surface area contributed by atoms with Crippen LogP contribution in [0.3, 0.4) is 0 Å². The van der Waals surface area contributed by atoms with E-state index in [0.29, 0.717) is 6.54 Å². The van der Waals surface area contributed by atoms with Crippen LogP contribution in [0.5, 0.6) is 5.75 Å². The Kier molecular flexibility index (Phi) is 7.97. The monoisotopic (exact) mass is 463 g/mol. The lowest BCUT2D eigenvalue weighted by molar-refractivity contribution is 0.440. The number of rotatable bonds is 4. The third-order valence-electron chi connectivity index (χ3n) is 4.31. The van der Waals surface area contributed by atoms with E-state index >= 15 is 0 Å². The fourth-order valence-electron chi connectivity index (χ4n) is 3.02. The first-order valence-electron chi connectivity index (χ1n) is 8.82. The molecule has 0 spiro atoms. The Labute approximate surface area is 172 Å². The summed E-state index contributed by atoms with van der Waals surface area (Å²) in [6.45, 7) is 5.29. The normalized spacial score (nSPS) is 14.4. The fourth-order valence-corrected chi connectivity index (χ4v) is 3.02. The van der Waals surface area contributed by atoms with Gasteiger partial charge in [0.05, 0.1) is 6.54 Å². The second-order valence-electron chi connectivity index (χ2n) is 6.13. The van der Waals surface area contributed by atoms with Crippen LogP contribution >= 0.6 is 24.0 Å². The minimum Gasteiger partial charge on any atom is -0.508 e. The minimum absolute atomic E-state index is 0. The average molecular weight is 463 g/mol. The molecule has 138 valence electrons. The maximum Gasteiger partial charge on any atom is 0.194 e. The van der Waals surface area contributed by atoms with Gasteiger partial charge in [0.25, 0.3) is 0 Å². The second-order valence-corrected chi connectivity index (χ2v) is 6.13. The van der Waals surface area contributed by atoms with Crippen molar-refractivity contribution >= 4 is 35.5 Å². The Morgan fingerprint density at radius 3 is 2.62 bits per heavy atom. The number of benzene rings is 2. The number of nitrogens with one attached hydrogen (secondary N) is 1. The molecular formula is C21H26IN3O. The number of aliphatic imine (C=N–C) groups is 1. The van der Waals surface area contributed by atoms with Crippen LogP contribution in [0.15, 0.2) is 65.7 Å². The van der Waals surface area contributed by atoms with E-state index in [9.17, 15) is 5.11 Å². The summed E-state index contributed by atoms with van der Waals surface area (Å²) in [5.41, 5.74) is 3.72. The Morgan fingerprint density at radius 2 is 1.96 bits per heavy atom. The number of hydrogen-bond donors (Lipinski definition) is 2. The Balaban J connectivity index is 0.00000243. The van der Waals surface area contributed by atoms with Crippen LogP contribution in [0.25, 0.3) is 5.57 Å². The van der Waals surface area contributed by atoms with Crippen molar-refractivity contribution in [1.82, 2.24) is 10.2 Å². The first-order chi connectivity index (χ1) is 12.3. The highest BCUT2D eigenvalue weighted by atomic mass is 127. The number of aromatic hydroxyl groups is 1. The molecule has 0 fully saturated rings. The van der Waals surface area contributed by atoms with Gasteiger partial charge in [0.2, 0.25) is 0 Å². The molecule has 3 rings (SSSR count). The summed E-state index contributed by atoms with van der Waals surface area (Å²) < 4.78 is 0. The lowest BCUT2D eigenvalue weighted by Gasteiger charge is -2.30. The SMILES string of the molecule is CCNC(=NCc1cccc(O)c1)N1CC=C(c2ccccc2)CC1.I. The van der Waals surface area contributed by atoms with Gasteiger partial charge >= 0.3 is 0 Å². The van der Waals surface area contributed by atoms with Crippen LogP contribution in [0.2, 0.25) is 0 Å². The molecule has 0 atom stereocenters. The van der Waals surface area contributed by atoms with E-state index in [1.54, 1.807) is 12.1 Å². The fraction of sp³-hybridized carbons (Fsp3) is 0.286. The first-order valence-corrected chi connectivity index (χ1v) is 8.82. The largest absolute Gasteiger partial charge is 0.508 e. The van der Waals surface area contributed by atoms with Crippen molar-refractivity contribution in [2.45, 2.75) is 19.9 Å². The van der Waals surface area contributed by atoms with Crippen LogP contribution in [0, 0.1) is 0 Å². The van der Waals surface area contributed by atoms with E-state index in [0.717, 1.165) is 37.6 Å². The average Bonchev–Trinajstić information content (AvgIpc) is 2.66. The zero-order chi connectivity index (χ0) is 17.5. The molecule has 0 saturated carbocycles. The standard InChI is InChI=1S/C21H25N3O.HI/c1-2-22-21(23-16-17-7-6-10-20(25)15-17)24-13-11-19(12-14-24)18-8-4-3-5-9-18;/h3-11,15,25H,2,12-14,16H2,1H3,(H,22,23);1H. The smallest absolute Gasteiger partial charge is 0.194 e. The van der Waals surface area contributed by atoms with Crippen LogP contribution in [0.4, 0.5) is 0 Å². The summed E-state index contributed by atoms with van der Waals surface area (Å²) in [5.74, 6) is 1.21. The number of nitrogens with zero attached hydrogens (tertiary/aromatic N) is 2. The summed E-state index contributed by atoms with van der Waals surface area (Å²) in [5, 5.41) is 13.0. The van der Waals surface area contributed by atoms with Crippen molar-refractivity contribution in [2.24, 2.45) is 4.99 Å². The number of phenolic OH excluding ortho intramolecular Hbond substituents is 1. The molecule has 0 aliphatic carbocycles. The van der Waals surface area contributed by atoms with E-state index in [-0.39, 0.29) is 29.7 Å². The van der Waals surface area contributed by atoms with Gasteiger partial charge in [-0.3, -0.25) is 0 Å². The van der Waals surface area contributed by atoms with Crippen molar-refractivity contribution in [1.29, 1.82) is 0 Å². The van der Waals surface area contributed by atoms with Gasteiger partial charge in [0.15, 0.2) is 5.96 Å². The van der Waals surface area contributed by atoms with E-state index < -0.39 is 0 Å². The number of hydrogen-bond acceptors (Lipinski definition) is 2. The Morgan fingerprint density at radius 1 is 1.15 bits per heavy atom. The number of phenols is 1. The topological polar surface area (TPSA) is 47.9 Å². The summed E-state index contributed by atoms with van der Waals surface area (Å²) in [7, 11) is 0. The highest BCUT2D eigenvalue weighted by Crippen LogP contribution is 2.22. The van der Waals surface area contributed by atoms with Crippen LogP contribution in [0.1, 0.15) is 24.5 Å². The molecule has 2 N–H and O–H groups in total. The molecule has 4 nitrogen and oxygen atoms in total. The van der Waals surface area contributed by atoms with Crippen LogP contribution in [-0.4, -0.2) is 35.6 Å². The van der Waals surface area contributed by atoms with Gasteiger partial charge in [-0.15, -0.1) is 24.0 Å². The van der Waals surface area contributed by atoms with E-state index in [2.05, 4.69) is 53.5 Å². The van der Waals surface area contributed by atoms with E-state index in [4.69, 9.17) is 4.99 Å². The van der Waals surface area contributed by atoms with Gasteiger partial charge in [-0.25, -0.2) is 4.99 Å². The van der Waals surface area contributed by atoms with Gasteiger partial charge in [-0.05, 0) is 42.2 Å². The minimum atomic E-state index is 0. The van der Waals surface area contributed by atoms with Crippen LogP contribution in [-0.2, 0) is 6.54 Å². The zero-order valence-electron chi connectivity index (χ0n) is 15.1. The predicted octanol–water partition coefficient (Wildman–Crippen LogP) is 4.27. The van der Waals surface area contributed by atoms with Crippen molar-refractivity contribution in [3.8, 4) is 5.75 Å². The van der Waals surface area contributed by atoms with Gasteiger partial charge in [0, 0.05) is 19.6 Å². The summed E-state index contributed by atoms with van der Waals surface area (Å²) in [6, 6.07) is 17.8. The van der Waals surface area contributed by atoms with Crippen LogP contribution < -0.4 is 5.32 Å². The molecule has 1 aliphatic rings. The molecule has 0 aromatic heterocycles. The molecule has 2 aromatic carbocycles. The predicted molar refractivity (Wildman–Crippen MR) is 119 cm³/mol. The molecule has 2 aromatic rings. The summed E-state index contributed by atoms with van der Waals surface area (Å²) in [4.78, 5) is 7.01. The molecule has 5 heteroatoms. The van der Waals surface area contributed by atoms with Crippen molar-refractivity contribution in [3.05, 3.63) is 71.8 Å². The highest BCUT2D eigenvalue weighted by molar-refractivity contribution is 14.0. The molecule has 1 heterocycles. The molecule has 0 bridgehead atoms. The summed E-state index contributed by atoms with van der Waals surface area (Å²) in [6.07, 6.45) is 3.31. The number of guanidine groups is 1. The number of halogens is 1. The zero-order valence-corrected chi connectivity index (χ0v) is 17.4. The van der Waals surface area contributed by atoms with Gasteiger partial charge in [-0.2, -0.15) is 0 Å². The second kappa shape index (κ2) is 10.2. The highest BCUT2D eigenvalue weighted by Gasteiger charge is 2.16. The molecule has 0 saturated heterocycles. The lowest BCUT2D eigenvalue weighted by Crippen LogP contribution is -2.43. The molecule has 0 unspecified atom stereocenters. The Bertz CT molecular complexity index is 759. The van der Waals surface area contributed by atoms with E-state index in [1.807, 2.05) is 12.1 Å². The van der Waals surface area contributed by atoms with Crippen molar-refractivity contribution in [3.63, 3.8) is 0 Å². The quantitative estimate of drug-likeness (QED) is 0.405. The summed E-state index contributed by atoms with van der Waals surface area (Å²) >= 11 is 0. The van der Waals surface area contributed by atoms with Crippen molar-refractivity contribution < 1.29 is 5.11 Å². The third-order valence-corrected chi connectivity index (χ3v) is 4.31.